The fraction of sp³-hybridized carbons (Fsp3) is 0.538. The van der Waals surface area contributed by atoms with Crippen LogP contribution in [0.15, 0.2) is 23.1 Å². The molecular weight excluding hydrogens is 264 g/mol. The minimum atomic E-state index is -3.58. The first-order valence-electron chi connectivity index (χ1n) is 6.32. The number of nitrogens with one attached hydrogen (secondary N) is 2. The molecule has 0 aliphatic carbocycles. The van der Waals surface area contributed by atoms with Crippen LogP contribution in [0.25, 0.3) is 0 Å². The lowest BCUT2D eigenvalue weighted by Gasteiger charge is -2.21. The van der Waals surface area contributed by atoms with Gasteiger partial charge in [0.2, 0.25) is 10.0 Å². The lowest BCUT2D eigenvalue weighted by Crippen LogP contribution is -2.44. The molecule has 1 heterocycles. The summed E-state index contributed by atoms with van der Waals surface area (Å²) < 4.78 is 27.0. The second-order valence-corrected chi connectivity index (χ2v) is 6.98. The van der Waals surface area contributed by atoms with Gasteiger partial charge >= 0.3 is 0 Å². The van der Waals surface area contributed by atoms with Crippen molar-refractivity contribution in [2.45, 2.75) is 30.8 Å². The highest BCUT2D eigenvalue weighted by Gasteiger charge is 2.32. The Morgan fingerprint density at radius 3 is 2.79 bits per heavy atom. The zero-order chi connectivity index (χ0) is 14.1. The molecule has 0 bridgehead atoms. The smallest absolute Gasteiger partial charge is 0.240 e. The molecule has 5 nitrogen and oxygen atoms in total. The van der Waals surface area contributed by atoms with Gasteiger partial charge in [-0.3, -0.25) is 0 Å². The number of hydrogen-bond donors (Lipinski definition) is 3. The van der Waals surface area contributed by atoms with Crippen LogP contribution in [-0.2, 0) is 10.0 Å². The minimum Gasteiger partial charge on any atom is -0.387 e. The number of rotatable bonds is 4. The van der Waals surface area contributed by atoms with Gasteiger partial charge in [0.05, 0.1) is 10.5 Å². The molecule has 1 aliphatic heterocycles. The van der Waals surface area contributed by atoms with Gasteiger partial charge in [0.25, 0.3) is 0 Å². The van der Waals surface area contributed by atoms with Gasteiger partial charge in [-0.1, -0.05) is 12.1 Å². The third-order valence-electron chi connectivity index (χ3n) is 3.45. The Hall–Kier alpha value is -0.950. The molecule has 19 heavy (non-hydrogen) atoms. The Balaban J connectivity index is 2.16. The molecule has 2 rings (SSSR count). The van der Waals surface area contributed by atoms with Crippen LogP contribution in [0.1, 0.15) is 17.5 Å². The van der Waals surface area contributed by atoms with Crippen LogP contribution in [0.5, 0.6) is 0 Å². The molecule has 1 fully saturated rings. The second-order valence-electron chi connectivity index (χ2n) is 5.24. The van der Waals surface area contributed by atoms with Crippen LogP contribution in [0.2, 0.25) is 0 Å². The number of hydrogen-bond acceptors (Lipinski definition) is 4. The molecule has 0 saturated carbocycles. The fourth-order valence-electron chi connectivity index (χ4n) is 2.19. The number of sulfonamides is 1. The molecule has 3 N–H and O–H groups in total. The van der Waals surface area contributed by atoms with Gasteiger partial charge in [-0.2, -0.15) is 0 Å². The summed E-state index contributed by atoms with van der Waals surface area (Å²) in [6.07, 6.45) is 0.558. The van der Waals surface area contributed by atoms with E-state index in [1.54, 1.807) is 19.1 Å². The largest absolute Gasteiger partial charge is 0.387 e. The molecular formula is C13H20N2O3S. The van der Waals surface area contributed by atoms with Crippen molar-refractivity contribution in [2.24, 2.45) is 0 Å². The molecule has 0 aromatic heterocycles. The molecule has 1 unspecified atom stereocenters. The number of aryl methyl sites for hydroxylation is 2. The van der Waals surface area contributed by atoms with E-state index < -0.39 is 15.6 Å². The molecule has 1 saturated heterocycles. The Bertz CT molecular complexity index is 563. The summed E-state index contributed by atoms with van der Waals surface area (Å²) >= 11 is 0. The summed E-state index contributed by atoms with van der Waals surface area (Å²) in [5.74, 6) is 0. The van der Waals surface area contributed by atoms with Crippen molar-refractivity contribution in [1.29, 1.82) is 0 Å². The van der Waals surface area contributed by atoms with Gasteiger partial charge in [-0.15, -0.1) is 0 Å². The predicted molar refractivity (Wildman–Crippen MR) is 73.5 cm³/mol. The minimum absolute atomic E-state index is 0.0374. The summed E-state index contributed by atoms with van der Waals surface area (Å²) in [4.78, 5) is 0.280. The number of benzene rings is 1. The zero-order valence-corrected chi connectivity index (χ0v) is 12.0. The quantitative estimate of drug-likeness (QED) is 0.743. The molecule has 0 spiro atoms. The molecule has 0 amide bonds. The van der Waals surface area contributed by atoms with Crippen molar-refractivity contribution in [3.8, 4) is 0 Å². The topological polar surface area (TPSA) is 78.4 Å². The van der Waals surface area contributed by atoms with Gasteiger partial charge in [0.1, 0.15) is 0 Å². The molecule has 1 atom stereocenters. The monoisotopic (exact) mass is 284 g/mol. The van der Waals surface area contributed by atoms with Gasteiger partial charge in [0.15, 0.2) is 0 Å². The lowest BCUT2D eigenvalue weighted by molar-refractivity contribution is 0.0667. The third-order valence-corrected chi connectivity index (χ3v) is 4.99. The van der Waals surface area contributed by atoms with Gasteiger partial charge < -0.3 is 10.4 Å². The summed E-state index contributed by atoms with van der Waals surface area (Å²) in [6, 6.07) is 5.31. The Labute approximate surface area is 114 Å². The summed E-state index contributed by atoms with van der Waals surface area (Å²) in [7, 11) is -3.58. The number of aliphatic hydroxyl groups is 1. The Morgan fingerprint density at radius 2 is 2.16 bits per heavy atom. The van der Waals surface area contributed by atoms with Gasteiger partial charge in [0, 0.05) is 13.1 Å². The van der Waals surface area contributed by atoms with Crippen molar-refractivity contribution in [3.63, 3.8) is 0 Å². The second kappa shape index (κ2) is 5.20. The summed E-state index contributed by atoms with van der Waals surface area (Å²) in [5, 5.41) is 13.2. The van der Waals surface area contributed by atoms with Gasteiger partial charge in [-0.25, -0.2) is 13.1 Å². The fourth-order valence-corrected chi connectivity index (χ4v) is 3.63. The van der Waals surface area contributed by atoms with Crippen LogP contribution < -0.4 is 10.0 Å². The average Bonchev–Trinajstić information content (AvgIpc) is 2.78. The molecule has 0 radical (unpaired) electrons. The van der Waals surface area contributed by atoms with E-state index in [2.05, 4.69) is 10.0 Å². The van der Waals surface area contributed by atoms with Crippen LogP contribution >= 0.6 is 0 Å². The summed E-state index contributed by atoms with van der Waals surface area (Å²) in [6.45, 7) is 4.78. The van der Waals surface area contributed by atoms with E-state index in [0.717, 1.165) is 5.56 Å². The van der Waals surface area contributed by atoms with Crippen LogP contribution in [0.4, 0.5) is 0 Å². The average molecular weight is 284 g/mol. The van der Waals surface area contributed by atoms with Crippen LogP contribution in [0.3, 0.4) is 0 Å². The van der Waals surface area contributed by atoms with Crippen molar-refractivity contribution in [2.75, 3.05) is 19.6 Å². The Kier molecular flexibility index (Phi) is 3.96. The van der Waals surface area contributed by atoms with E-state index in [9.17, 15) is 13.5 Å². The maximum Gasteiger partial charge on any atom is 0.240 e. The predicted octanol–water partition coefficient (Wildman–Crippen LogP) is 0.306. The Morgan fingerprint density at radius 1 is 1.42 bits per heavy atom. The normalized spacial score (nSPS) is 23.7. The van der Waals surface area contributed by atoms with Crippen molar-refractivity contribution < 1.29 is 13.5 Å². The van der Waals surface area contributed by atoms with Crippen molar-refractivity contribution in [3.05, 3.63) is 29.3 Å². The van der Waals surface area contributed by atoms with E-state index in [1.165, 1.54) is 0 Å². The third kappa shape index (κ3) is 3.33. The first-order valence-corrected chi connectivity index (χ1v) is 7.81. The first kappa shape index (κ1) is 14.5. The highest BCUT2D eigenvalue weighted by molar-refractivity contribution is 7.89. The van der Waals surface area contributed by atoms with E-state index in [4.69, 9.17) is 0 Å². The standard InChI is InChI=1S/C13H20N2O3S/c1-10-3-4-11(2)12(7-10)19(17,18)15-9-13(16)5-6-14-8-13/h3-4,7,14-16H,5-6,8-9H2,1-2H3. The zero-order valence-electron chi connectivity index (χ0n) is 11.2. The number of β-amino-alcohol motifs (C(OH)–C–C–N with tert-alkyl or cyclic N) is 1. The molecule has 1 aromatic carbocycles. The lowest BCUT2D eigenvalue weighted by atomic mass is 10.1. The van der Waals surface area contributed by atoms with E-state index in [-0.39, 0.29) is 11.4 Å². The van der Waals surface area contributed by atoms with E-state index in [1.807, 2.05) is 13.0 Å². The maximum absolute atomic E-state index is 12.3. The molecule has 1 aliphatic rings. The maximum atomic E-state index is 12.3. The van der Waals surface area contributed by atoms with Gasteiger partial charge in [-0.05, 0) is 44.0 Å². The van der Waals surface area contributed by atoms with Crippen LogP contribution in [-0.4, -0.2) is 38.8 Å². The van der Waals surface area contributed by atoms with Crippen LogP contribution in [0, 0.1) is 13.8 Å². The SMILES string of the molecule is Cc1ccc(C)c(S(=O)(=O)NCC2(O)CCNC2)c1. The van der Waals surface area contributed by atoms with Crippen molar-refractivity contribution >= 4 is 10.0 Å². The highest BCUT2D eigenvalue weighted by atomic mass is 32.2. The first-order chi connectivity index (χ1) is 8.82. The molecule has 6 heteroatoms. The molecule has 1 aromatic rings. The highest BCUT2D eigenvalue weighted by Crippen LogP contribution is 2.18. The molecule has 106 valence electrons. The van der Waals surface area contributed by atoms with Crippen molar-refractivity contribution in [1.82, 2.24) is 10.0 Å². The van der Waals surface area contributed by atoms with E-state index >= 15 is 0 Å². The van der Waals surface area contributed by atoms with E-state index in [0.29, 0.717) is 25.1 Å². The summed E-state index contributed by atoms with van der Waals surface area (Å²) in [5.41, 5.74) is 0.618.